The third-order valence-corrected chi connectivity index (χ3v) is 3.56. The van der Waals surface area contributed by atoms with Crippen molar-refractivity contribution < 1.29 is 9.47 Å². The highest BCUT2D eigenvalue weighted by Crippen LogP contribution is 2.30. The molecule has 1 aliphatic heterocycles. The maximum Gasteiger partial charge on any atom is 0.161 e. The van der Waals surface area contributed by atoms with Crippen molar-refractivity contribution >= 4 is 0 Å². The van der Waals surface area contributed by atoms with Gasteiger partial charge in [0.25, 0.3) is 0 Å². The Hall–Kier alpha value is -1.26. The lowest BCUT2D eigenvalue weighted by molar-refractivity contribution is 0.171. The van der Waals surface area contributed by atoms with Crippen LogP contribution in [0.25, 0.3) is 0 Å². The van der Waals surface area contributed by atoms with E-state index >= 15 is 0 Å². The van der Waals surface area contributed by atoms with Crippen LogP contribution in [-0.4, -0.2) is 44.3 Å². The Balaban J connectivity index is 1.50. The molecular formula is C15H22N2O2. The van der Waals surface area contributed by atoms with Crippen molar-refractivity contribution in [2.45, 2.75) is 25.4 Å². The molecule has 0 spiro atoms. The summed E-state index contributed by atoms with van der Waals surface area (Å²) >= 11 is 0. The first-order chi connectivity index (χ1) is 9.31. The Morgan fingerprint density at radius 2 is 2.00 bits per heavy atom. The van der Waals surface area contributed by atoms with E-state index in [0.29, 0.717) is 13.2 Å². The van der Waals surface area contributed by atoms with Crippen molar-refractivity contribution in [1.29, 1.82) is 0 Å². The van der Waals surface area contributed by atoms with Gasteiger partial charge in [-0.2, -0.15) is 0 Å². The van der Waals surface area contributed by atoms with Gasteiger partial charge in [0.2, 0.25) is 0 Å². The van der Waals surface area contributed by atoms with Crippen molar-refractivity contribution in [3.8, 4) is 11.5 Å². The second kappa shape index (κ2) is 5.80. The highest BCUT2D eigenvalue weighted by Gasteiger charge is 2.19. The number of benzene rings is 1. The van der Waals surface area contributed by atoms with Gasteiger partial charge < -0.3 is 19.7 Å². The average Bonchev–Trinajstić information content (AvgIpc) is 3.23. The number of ether oxygens (including phenoxy) is 2. The van der Waals surface area contributed by atoms with Crippen LogP contribution >= 0.6 is 0 Å². The number of nitrogens with zero attached hydrogens (tertiary/aromatic N) is 1. The molecule has 3 rings (SSSR count). The first kappa shape index (κ1) is 12.8. The summed E-state index contributed by atoms with van der Waals surface area (Å²) in [4.78, 5) is 2.33. The molecule has 0 saturated heterocycles. The van der Waals surface area contributed by atoms with Gasteiger partial charge in [-0.1, -0.05) is 6.07 Å². The maximum atomic E-state index is 5.61. The lowest BCUT2D eigenvalue weighted by Crippen LogP contribution is -2.30. The summed E-state index contributed by atoms with van der Waals surface area (Å²) in [5.41, 5.74) is 1.28. The van der Waals surface area contributed by atoms with E-state index < -0.39 is 0 Å². The van der Waals surface area contributed by atoms with Crippen LogP contribution in [0.2, 0.25) is 0 Å². The van der Waals surface area contributed by atoms with Gasteiger partial charge in [0.15, 0.2) is 11.5 Å². The Kier molecular flexibility index (Phi) is 3.89. The first-order valence-corrected chi connectivity index (χ1v) is 7.12. The van der Waals surface area contributed by atoms with Crippen molar-refractivity contribution in [2.24, 2.45) is 0 Å². The maximum absolute atomic E-state index is 5.61. The second-order valence-electron chi connectivity index (χ2n) is 5.44. The third-order valence-electron chi connectivity index (χ3n) is 3.56. The van der Waals surface area contributed by atoms with Gasteiger partial charge in [-0.15, -0.1) is 0 Å². The quantitative estimate of drug-likeness (QED) is 0.845. The minimum atomic E-state index is 0.650. The lowest BCUT2D eigenvalue weighted by Gasteiger charge is -2.21. The van der Waals surface area contributed by atoms with Crippen molar-refractivity contribution in [2.75, 3.05) is 33.4 Å². The Morgan fingerprint density at radius 3 is 2.79 bits per heavy atom. The van der Waals surface area contributed by atoms with E-state index in [1.807, 2.05) is 6.07 Å². The first-order valence-electron chi connectivity index (χ1n) is 7.12. The van der Waals surface area contributed by atoms with E-state index in [-0.39, 0.29) is 0 Å². The highest BCUT2D eigenvalue weighted by molar-refractivity contribution is 5.43. The van der Waals surface area contributed by atoms with Gasteiger partial charge in [-0.05, 0) is 37.6 Å². The van der Waals surface area contributed by atoms with Crippen molar-refractivity contribution in [1.82, 2.24) is 10.2 Å². The van der Waals surface area contributed by atoms with Gasteiger partial charge in [0.1, 0.15) is 13.2 Å². The van der Waals surface area contributed by atoms with Gasteiger partial charge in [0.05, 0.1) is 0 Å². The van der Waals surface area contributed by atoms with Crippen LogP contribution in [0.1, 0.15) is 18.4 Å². The summed E-state index contributed by atoms with van der Waals surface area (Å²) in [6.07, 6.45) is 2.71. The van der Waals surface area contributed by atoms with Gasteiger partial charge in [0, 0.05) is 25.7 Å². The molecule has 19 heavy (non-hydrogen) atoms. The fraction of sp³-hybridized carbons (Fsp3) is 0.600. The fourth-order valence-corrected chi connectivity index (χ4v) is 2.32. The van der Waals surface area contributed by atoms with E-state index in [1.54, 1.807) is 0 Å². The number of fused-ring (bicyclic) bond motifs is 1. The summed E-state index contributed by atoms with van der Waals surface area (Å²) in [5.74, 6) is 1.75. The summed E-state index contributed by atoms with van der Waals surface area (Å²) in [7, 11) is 2.16. The molecule has 1 fully saturated rings. The molecule has 1 aromatic rings. The molecule has 0 radical (unpaired) electrons. The number of hydrogen-bond acceptors (Lipinski definition) is 4. The molecule has 2 aliphatic rings. The standard InChI is InChI=1S/C15H22N2O2/c1-17(7-6-16-13-3-4-13)11-12-2-5-14-15(10-12)19-9-8-18-14/h2,5,10,13,16H,3-4,6-9,11H2,1H3. The van der Waals surface area contributed by atoms with Crippen molar-refractivity contribution in [3.63, 3.8) is 0 Å². The summed E-state index contributed by atoms with van der Waals surface area (Å²) in [6.45, 7) is 4.40. The molecule has 0 bridgehead atoms. The molecule has 4 heteroatoms. The van der Waals surface area contributed by atoms with Crippen molar-refractivity contribution in [3.05, 3.63) is 23.8 Å². The Bertz CT molecular complexity index is 432. The van der Waals surface area contributed by atoms with E-state index in [9.17, 15) is 0 Å². The smallest absolute Gasteiger partial charge is 0.161 e. The predicted molar refractivity (Wildman–Crippen MR) is 74.8 cm³/mol. The highest BCUT2D eigenvalue weighted by atomic mass is 16.6. The van der Waals surface area contributed by atoms with Gasteiger partial charge in [-0.25, -0.2) is 0 Å². The monoisotopic (exact) mass is 262 g/mol. The molecule has 1 N–H and O–H groups in total. The van der Waals surface area contributed by atoms with Crippen LogP contribution in [0, 0.1) is 0 Å². The zero-order valence-corrected chi connectivity index (χ0v) is 11.5. The number of hydrogen-bond donors (Lipinski definition) is 1. The van der Waals surface area contributed by atoms with E-state index in [1.165, 1.54) is 18.4 Å². The SMILES string of the molecule is CN(CCNC1CC1)Cc1ccc2c(c1)OCCO2. The van der Waals surface area contributed by atoms with Gasteiger partial charge >= 0.3 is 0 Å². The molecule has 0 atom stereocenters. The van der Waals surface area contributed by atoms with E-state index in [0.717, 1.165) is 37.2 Å². The minimum Gasteiger partial charge on any atom is -0.486 e. The predicted octanol–water partition coefficient (Wildman–Crippen LogP) is 1.64. The summed E-state index contributed by atoms with van der Waals surface area (Å²) in [6, 6.07) is 7.03. The molecule has 1 heterocycles. The van der Waals surface area contributed by atoms with Crippen LogP contribution in [0.3, 0.4) is 0 Å². The van der Waals surface area contributed by atoms with E-state index in [4.69, 9.17) is 9.47 Å². The minimum absolute atomic E-state index is 0.650. The molecule has 104 valence electrons. The average molecular weight is 262 g/mol. The summed E-state index contributed by atoms with van der Waals surface area (Å²) in [5, 5.41) is 3.54. The molecule has 0 aromatic heterocycles. The zero-order valence-electron chi connectivity index (χ0n) is 11.5. The topological polar surface area (TPSA) is 33.7 Å². The molecule has 4 nitrogen and oxygen atoms in total. The lowest BCUT2D eigenvalue weighted by atomic mass is 10.2. The van der Waals surface area contributed by atoms with Crippen LogP contribution in [0.4, 0.5) is 0 Å². The van der Waals surface area contributed by atoms with E-state index in [2.05, 4.69) is 29.4 Å². The van der Waals surface area contributed by atoms with Crippen LogP contribution < -0.4 is 14.8 Å². The number of nitrogens with one attached hydrogen (secondary N) is 1. The third kappa shape index (κ3) is 3.61. The second-order valence-corrected chi connectivity index (χ2v) is 5.44. The molecule has 1 aliphatic carbocycles. The zero-order chi connectivity index (χ0) is 13.1. The Labute approximate surface area is 114 Å². The molecule has 1 saturated carbocycles. The molecule has 1 aromatic carbocycles. The number of likely N-dealkylation sites (N-methyl/N-ethyl adjacent to an activating group) is 1. The molecular weight excluding hydrogens is 240 g/mol. The number of rotatable bonds is 6. The normalized spacial score (nSPS) is 17.8. The summed E-state index contributed by atoms with van der Waals surface area (Å²) < 4.78 is 11.1. The van der Waals surface area contributed by atoms with Gasteiger partial charge in [-0.3, -0.25) is 0 Å². The van der Waals surface area contributed by atoms with Crippen LogP contribution in [-0.2, 0) is 6.54 Å². The Morgan fingerprint density at radius 1 is 1.21 bits per heavy atom. The fourth-order valence-electron chi connectivity index (χ4n) is 2.32. The van der Waals surface area contributed by atoms with Crippen LogP contribution in [0.15, 0.2) is 18.2 Å². The molecule has 0 unspecified atom stereocenters. The largest absolute Gasteiger partial charge is 0.486 e. The molecule has 0 amide bonds. The van der Waals surface area contributed by atoms with Crippen LogP contribution in [0.5, 0.6) is 11.5 Å².